The van der Waals surface area contributed by atoms with Crippen LogP contribution in [0.25, 0.3) is 0 Å². The van der Waals surface area contributed by atoms with Crippen LogP contribution >= 0.6 is 0 Å². The van der Waals surface area contributed by atoms with Crippen LogP contribution in [-0.4, -0.2) is 40.2 Å². The smallest absolute Gasteiger partial charge is 0.323 e. The van der Waals surface area contributed by atoms with Crippen LogP contribution in [0.1, 0.15) is 33.6 Å². The lowest BCUT2D eigenvalue weighted by molar-refractivity contribution is -0.160. The van der Waals surface area contributed by atoms with Gasteiger partial charge in [0.25, 0.3) is 5.56 Å². The number of pyridine rings is 1. The largest absolute Gasteiger partial charge is 0.459 e. The summed E-state index contributed by atoms with van der Waals surface area (Å²) >= 11 is 0. The van der Waals surface area contributed by atoms with Crippen molar-refractivity contribution in [2.45, 2.75) is 51.8 Å². The van der Waals surface area contributed by atoms with Gasteiger partial charge in [0.2, 0.25) is 0 Å². The fourth-order valence-corrected chi connectivity index (χ4v) is 2.61. The first-order chi connectivity index (χ1) is 9.87. The van der Waals surface area contributed by atoms with Gasteiger partial charge in [-0.25, -0.2) is 0 Å². The summed E-state index contributed by atoms with van der Waals surface area (Å²) in [6.07, 6.45) is 3.60. The Morgan fingerprint density at radius 3 is 2.76 bits per heavy atom. The van der Waals surface area contributed by atoms with E-state index in [9.17, 15) is 9.59 Å². The molecular weight excluding hydrogens is 268 g/mol. The molecule has 1 aromatic heterocycles. The number of esters is 1. The SMILES string of the molecule is CC(C)(C)OC(=O)[C@@H]1CCCN1CCn1ccccc1=O. The van der Waals surface area contributed by atoms with Gasteiger partial charge >= 0.3 is 5.97 Å². The quantitative estimate of drug-likeness (QED) is 0.792. The fraction of sp³-hybridized carbons (Fsp3) is 0.625. The molecule has 0 aliphatic carbocycles. The molecule has 0 radical (unpaired) electrons. The van der Waals surface area contributed by atoms with Crippen LogP contribution in [0.2, 0.25) is 0 Å². The molecule has 2 heterocycles. The standard InChI is InChI=1S/C16H24N2O3/c1-16(2,3)21-15(20)13-7-6-10-17(13)11-12-18-9-5-4-8-14(18)19/h4-5,8-9,13H,6-7,10-12H2,1-3H3/t13-/m0/s1. The Hall–Kier alpha value is -1.62. The summed E-state index contributed by atoms with van der Waals surface area (Å²) in [5.74, 6) is -0.152. The average molecular weight is 292 g/mol. The van der Waals surface area contributed by atoms with Gasteiger partial charge in [0.05, 0.1) is 0 Å². The van der Waals surface area contributed by atoms with Crippen LogP contribution < -0.4 is 5.56 Å². The first kappa shape index (κ1) is 15.8. The Morgan fingerprint density at radius 1 is 1.33 bits per heavy atom. The number of ether oxygens (including phenoxy) is 1. The van der Waals surface area contributed by atoms with E-state index in [1.54, 1.807) is 22.9 Å². The predicted molar refractivity (Wildman–Crippen MR) is 81.1 cm³/mol. The third-order valence-electron chi connectivity index (χ3n) is 3.57. The Balaban J connectivity index is 1.95. The first-order valence-electron chi connectivity index (χ1n) is 7.49. The molecule has 0 spiro atoms. The Morgan fingerprint density at radius 2 is 2.10 bits per heavy atom. The number of rotatable bonds is 4. The van der Waals surface area contributed by atoms with E-state index in [0.29, 0.717) is 13.1 Å². The summed E-state index contributed by atoms with van der Waals surface area (Å²) < 4.78 is 7.15. The highest BCUT2D eigenvalue weighted by molar-refractivity contribution is 5.76. The zero-order chi connectivity index (χ0) is 15.5. The maximum absolute atomic E-state index is 12.2. The lowest BCUT2D eigenvalue weighted by Crippen LogP contribution is -2.42. The van der Waals surface area contributed by atoms with Crippen molar-refractivity contribution in [1.82, 2.24) is 9.47 Å². The molecule has 5 nitrogen and oxygen atoms in total. The van der Waals surface area contributed by atoms with Crippen LogP contribution in [-0.2, 0) is 16.1 Å². The molecule has 5 heteroatoms. The molecule has 2 rings (SSSR count). The highest BCUT2D eigenvalue weighted by atomic mass is 16.6. The molecule has 116 valence electrons. The maximum atomic E-state index is 12.2. The second kappa shape index (κ2) is 6.43. The van der Waals surface area contributed by atoms with Crippen molar-refractivity contribution in [2.24, 2.45) is 0 Å². The van der Waals surface area contributed by atoms with Crippen molar-refractivity contribution >= 4 is 5.97 Å². The molecule has 1 fully saturated rings. The van der Waals surface area contributed by atoms with Crippen molar-refractivity contribution in [3.05, 3.63) is 34.7 Å². The minimum Gasteiger partial charge on any atom is -0.459 e. The molecule has 0 saturated carbocycles. The van der Waals surface area contributed by atoms with Gasteiger partial charge in [0, 0.05) is 25.4 Å². The van der Waals surface area contributed by atoms with E-state index in [4.69, 9.17) is 4.74 Å². The van der Waals surface area contributed by atoms with Gasteiger partial charge in [-0.15, -0.1) is 0 Å². The van der Waals surface area contributed by atoms with Crippen LogP contribution in [0.5, 0.6) is 0 Å². The van der Waals surface area contributed by atoms with E-state index in [1.807, 2.05) is 26.8 Å². The van der Waals surface area contributed by atoms with Gasteiger partial charge in [0.1, 0.15) is 11.6 Å². The van der Waals surface area contributed by atoms with Gasteiger partial charge in [-0.1, -0.05) is 6.07 Å². The molecule has 21 heavy (non-hydrogen) atoms. The van der Waals surface area contributed by atoms with E-state index >= 15 is 0 Å². The average Bonchev–Trinajstić information content (AvgIpc) is 2.84. The number of carbonyl (C=O) groups is 1. The molecule has 1 aliphatic rings. The molecule has 1 saturated heterocycles. The van der Waals surface area contributed by atoms with Crippen molar-refractivity contribution < 1.29 is 9.53 Å². The molecule has 0 unspecified atom stereocenters. The number of aromatic nitrogens is 1. The highest BCUT2D eigenvalue weighted by Gasteiger charge is 2.33. The van der Waals surface area contributed by atoms with Crippen LogP contribution in [0, 0.1) is 0 Å². The van der Waals surface area contributed by atoms with E-state index in [-0.39, 0.29) is 17.6 Å². The van der Waals surface area contributed by atoms with Crippen molar-refractivity contribution in [2.75, 3.05) is 13.1 Å². The lowest BCUT2D eigenvalue weighted by Gasteiger charge is -2.27. The number of nitrogens with zero attached hydrogens (tertiary/aromatic N) is 2. The second-order valence-corrected chi connectivity index (χ2v) is 6.46. The Labute approximate surface area is 125 Å². The molecule has 1 aromatic rings. The van der Waals surface area contributed by atoms with E-state index < -0.39 is 5.60 Å². The molecule has 0 N–H and O–H groups in total. The fourth-order valence-electron chi connectivity index (χ4n) is 2.61. The van der Waals surface area contributed by atoms with Crippen molar-refractivity contribution in [3.63, 3.8) is 0 Å². The summed E-state index contributed by atoms with van der Waals surface area (Å²) in [6, 6.07) is 4.95. The number of carbonyl (C=O) groups excluding carboxylic acids is 1. The Bertz CT molecular complexity index is 545. The molecule has 0 amide bonds. The van der Waals surface area contributed by atoms with Gasteiger partial charge in [0.15, 0.2) is 0 Å². The minimum absolute atomic E-state index is 0.00878. The van der Waals surface area contributed by atoms with Crippen LogP contribution in [0.3, 0.4) is 0 Å². The number of hydrogen-bond acceptors (Lipinski definition) is 4. The zero-order valence-corrected chi connectivity index (χ0v) is 13.0. The molecule has 0 aromatic carbocycles. The molecule has 1 aliphatic heterocycles. The van der Waals surface area contributed by atoms with Crippen molar-refractivity contribution in [3.8, 4) is 0 Å². The van der Waals surface area contributed by atoms with Gasteiger partial charge in [-0.2, -0.15) is 0 Å². The molecular formula is C16H24N2O3. The van der Waals surface area contributed by atoms with Gasteiger partial charge in [-0.3, -0.25) is 14.5 Å². The minimum atomic E-state index is -0.457. The number of likely N-dealkylation sites (tertiary alicyclic amines) is 1. The summed E-state index contributed by atoms with van der Waals surface area (Å²) in [5.41, 5.74) is -0.465. The Kier molecular flexibility index (Phi) is 4.83. The summed E-state index contributed by atoms with van der Waals surface area (Å²) in [4.78, 5) is 26.0. The van der Waals surface area contributed by atoms with E-state index in [1.165, 1.54) is 0 Å². The third kappa shape index (κ3) is 4.43. The normalized spacial score (nSPS) is 19.7. The zero-order valence-electron chi connectivity index (χ0n) is 13.0. The van der Waals surface area contributed by atoms with E-state index in [0.717, 1.165) is 19.4 Å². The first-order valence-corrected chi connectivity index (χ1v) is 7.49. The van der Waals surface area contributed by atoms with Crippen molar-refractivity contribution in [1.29, 1.82) is 0 Å². The summed E-state index contributed by atoms with van der Waals surface area (Å²) in [7, 11) is 0. The predicted octanol–water partition coefficient (Wildman–Crippen LogP) is 1.65. The van der Waals surface area contributed by atoms with Crippen LogP contribution in [0.15, 0.2) is 29.2 Å². The van der Waals surface area contributed by atoms with Gasteiger partial charge < -0.3 is 9.30 Å². The van der Waals surface area contributed by atoms with Crippen LogP contribution in [0.4, 0.5) is 0 Å². The number of hydrogen-bond donors (Lipinski definition) is 0. The highest BCUT2D eigenvalue weighted by Crippen LogP contribution is 2.20. The monoisotopic (exact) mass is 292 g/mol. The maximum Gasteiger partial charge on any atom is 0.323 e. The molecule has 1 atom stereocenters. The second-order valence-electron chi connectivity index (χ2n) is 6.46. The summed E-state index contributed by atoms with van der Waals surface area (Å²) in [6.45, 7) is 7.81. The summed E-state index contributed by atoms with van der Waals surface area (Å²) in [5, 5.41) is 0. The lowest BCUT2D eigenvalue weighted by atomic mass is 10.1. The van der Waals surface area contributed by atoms with Gasteiger partial charge in [-0.05, 0) is 46.2 Å². The topological polar surface area (TPSA) is 51.5 Å². The third-order valence-corrected chi connectivity index (χ3v) is 3.57. The molecule has 0 bridgehead atoms. The van der Waals surface area contributed by atoms with E-state index in [2.05, 4.69) is 4.90 Å².